The van der Waals surface area contributed by atoms with Crippen molar-refractivity contribution in [3.05, 3.63) is 30.3 Å². The normalized spacial score (nSPS) is 18.2. The summed E-state index contributed by atoms with van der Waals surface area (Å²) in [6.07, 6.45) is 0.313. The zero-order valence-corrected chi connectivity index (χ0v) is 12.2. The first-order chi connectivity index (χ1) is 10.1. The standard InChI is InChI=1S/C14H13N3O3S/c1-9(18)21-11-7-12(19)17(8-11)14-16-15-13(20-14)10-5-3-2-4-6-10/h2-6,11H,7-8H2,1H3. The quantitative estimate of drug-likeness (QED) is 0.864. The summed E-state index contributed by atoms with van der Waals surface area (Å²) < 4.78 is 5.57. The van der Waals surface area contributed by atoms with Gasteiger partial charge in [0.2, 0.25) is 11.8 Å². The Morgan fingerprint density at radius 2 is 2.10 bits per heavy atom. The molecule has 0 bridgehead atoms. The van der Waals surface area contributed by atoms with Gasteiger partial charge in [0.15, 0.2) is 5.12 Å². The predicted octanol–water partition coefficient (Wildman–Crippen LogP) is 2.12. The van der Waals surface area contributed by atoms with E-state index in [1.165, 1.54) is 23.6 Å². The Kier molecular flexibility index (Phi) is 3.74. The van der Waals surface area contributed by atoms with Crippen molar-refractivity contribution in [2.75, 3.05) is 11.4 Å². The molecule has 1 atom stereocenters. The summed E-state index contributed by atoms with van der Waals surface area (Å²) >= 11 is 1.18. The molecule has 108 valence electrons. The highest BCUT2D eigenvalue weighted by atomic mass is 32.2. The molecule has 1 fully saturated rings. The lowest BCUT2D eigenvalue weighted by atomic mass is 10.2. The van der Waals surface area contributed by atoms with Crippen LogP contribution in [0.4, 0.5) is 6.01 Å². The summed E-state index contributed by atoms with van der Waals surface area (Å²) in [5.41, 5.74) is 0.803. The molecule has 1 unspecified atom stereocenters. The third kappa shape index (κ3) is 2.97. The van der Waals surface area contributed by atoms with E-state index in [0.29, 0.717) is 18.9 Å². The Morgan fingerprint density at radius 1 is 1.33 bits per heavy atom. The fourth-order valence-corrected chi connectivity index (χ4v) is 3.11. The lowest BCUT2D eigenvalue weighted by molar-refractivity contribution is -0.117. The van der Waals surface area contributed by atoms with Crippen molar-refractivity contribution in [2.24, 2.45) is 0 Å². The number of benzene rings is 1. The van der Waals surface area contributed by atoms with Crippen LogP contribution < -0.4 is 4.90 Å². The number of hydrogen-bond acceptors (Lipinski definition) is 6. The topological polar surface area (TPSA) is 76.3 Å². The molecule has 7 heteroatoms. The van der Waals surface area contributed by atoms with Gasteiger partial charge in [0.1, 0.15) is 0 Å². The molecule has 1 saturated heterocycles. The minimum absolute atomic E-state index is 0.00477. The molecule has 0 spiro atoms. The molecule has 2 aromatic rings. The summed E-state index contributed by atoms with van der Waals surface area (Å²) in [7, 11) is 0. The second-order valence-electron chi connectivity index (χ2n) is 4.70. The molecule has 0 aliphatic carbocycles. The van der Waals surface area contributed by atoms with Gasteiger partial charge in [-0.1, -0.05) is 35.1 Å². The fraction of sp³-hybridized carbons (Fsp3) is 0.286. The minimum atomic E-state index is -0.1000. The van der Waals surface area contributed by atoms with Gasteiger partial charge in [-0.25, -0.2) is 0 Å². The molecule has 2 heterocycles. The predicted molar refractivity (Wildman–Crippen MR) is 78.8 cm³/mol. The average Bonchev–Trinajstić information content (AvgIpc) is 3.06. The molecule has 6 nitrogen and oxygen atoms in total. The van der Waals surface area contributed by atoms with E-state index in [9.17, 15) is 9.59 Å². The molecule has 0 radical (unpaired) electrons. The van der Waals surface area contributed by atoms with Crippen LogP contribution in [0, 0.1) is 0 Å². The van der Waals surface area contributed by atoms with Crippen molar-refractivity contribution >= 4 is 28.8 Å². The highest BCUT2D eigenvalue weighted by molar-refractivity contribution is 8.14. The second kappa shape index (κ2) is 5.69. The van der Waals surface area contributed by atoms with E-state index in [0.717, 1.165) is 5.56 Å². The van der Waals surface area contributed by atoms with Crippen molar-refractivity contribution in [2.45, 2.75) is 18.6 Å². The monoisotopic (exact) mass is 303 g/mol. The number of carbonyl (C=O) groups excluding carboxylic acids is 2. The van der Waals surface area contributed by atoms with Gasteiger partial charge in [-0.3, -0.25) is 14.5 Å². The lowest BCUT2D eigenvalue weighted by Gasteiger charge is -2.09. The van der Waals surface area contributed by atoms with Gasteiger partial charge in [0.05, 0.1) is 0 Å². The number of hydrogen-bond donors (Lipinski definition) is 0. The Balaban J connectivity index is 1.78. The number of anilines is 1. The Bertz CT molecular complexity index is 671. The third-order valence-electron chi connectivity index (χ3n) is 3.09. The number of nitrogens with zero attached hydrogens (tertiary/aromatic N) is 3. The van der Waals surface area contributed by atoms with Gasteiger partial charge < -0.3 is 4.42 Å². The van der Waals surface area contributed by atoms with Crippen LogP contribution in [0.1, 0.15) is 13.3 Å². The zero-order chi connectivity index (χ0) is 14.8. The summed E-state index contributed by atoms with van der Waals surface area (Å²) in [6.45, 7) is 1.91. The second-order valence-corrected chi connectivity index (χ2v) is 6.17. The van der Waals surface area contributed by atoms with Crippen molar-refractivity contribution in [1.82, 2.24) is 10.2 Å². The number of aromatic nitrogens is 2. The number of rotatable bonds is 3. The van der Waals surface area contributed by atoms with Gasteiger partial charge in [-0.05, 0) is 12.1 Å². The van der Waals surface area contributed by atoms with Crippen LogP contribution in [0.5, 0.6) is 0 Å². The minimum Gasteiger partial charge on any atom is -0.403 e. The van der Waals surface area contributed by atoms with E-state index in [1.54, 1.807) is 0 Å². The molecule has 3 rings (SSSR count). The largest absolute Gasteiger partial charge is 0.403 e. The summed E-state index contributed by atoms with van der Waals surface area (Å²) in [5.74, 6) is 0.276. The maximum absolute atomic E-state index is 12.0. The smallest absolute Gasteiger partial charge is 0.325 e. The van der Waals surface area contributed by atoms with E-state index >= 15 is 0 Å². The Hall–Kier alpha value is -2.15. The molecule has 0 saturated carbocycles. The first-order valence-electron chi connectivity index (χ1n) is 6.50. The average molecular weight is 303 g/mol. The van der Waals surface area contributed by atoms with Crippen LogP contribution in [0.2, 0.25) is 0 Å². The van der Waals surface area contributed by atoms with Crippen LogP contribution in [0.25, 0.3) is 11.5 Å². The molecular weight excluding hydrogens is 290 g/mol. The van der Waals surface area contributed by atoms with E-state index in [-0.39, 0.29) is 22.3 Å². The summed E-state index contributed by atoms with van der Waals surface area (Å²) in [4.78, 5) is 24.6. The maximum Gasteiger partial charge on any atom is 0.325 e. The maximum atomic E-state index is 12.0. The van der Waals surface area contributed by atoms with Crippen LogP contribution in [0.3, 0.4) is 0 Å². The number of amides is 1. The highest BCUT2D eigenvalue weighted by Gasteiger charge is 2.34. The van der Waals surface area contributed by atoms with Crippen LogP contribution in [-0.4, -0.2) is 33.0 Å². The lowest BCUT2D eigenvalue weighted by Crippen LogP contribution is -2.25. The van der Waals surface area contributed by atoms with E-state index in [2.05, 4.69) is 10.2 Å². The first-order valence-corrected chi connectivity index (χ1v) is 7.38. The van der Waals surface area contributed by atoms with Gasteiger partial charge in [0.25, 0.3) is 0 Å². The molecule has 0 N–H and O–H groups in total. The van der Waals surface area contributed by atoms with Crippen molar-refractivity contribution in [3.63, 3.8) is 0 Å². The van der Waals surface area contributed by atoms with Gasteiger partial charge >= 0.3 is 6.01 Å². The van der Waals surface area contributed by atoms with Crippen LogP contribution >= 0.6 is 11.8 Å². The molecule has 1 aliphatic rings. The van der Waals surface area contributed by atoms with Crippen LogP contribution in [0.15, 0.2) is 34.7 Å². The van der Waals surface area contributed by atoms with Crippen LogP contribution in [-0.2, 0) is 9.59 Å². The van der Waals surface area contributed by atoms with Gasteiger partial charge in [-0.15, -0.1) is 5.10 Å². The van der Waals surface area contributed by atoms with Crippen molar-refractivity contribution < 1.29 is 14.0 Å². The molecule has 1 aromatic heterocycles. The highest BCUT2D eigenvalue weighted by Crippen LogP contribution is 2.29. The number of thioether (sulfide) groups is 1. The SMILES string of the molecule is CC(=O)SC1CC(=O)N(c2nnc(-c3ccccc3)o2)C1. The van der Waals surface area contributed by atoms with E-state index in [4.69, 9.17) is 4.42 Å². The van der Waals surface area contributed by atoms with E-state index in [1.807, 2.05) is 30.3 Å². The summed E-state index contributed by atoms with van der Waals surface area (Å²) in [6, 6.07) is 9.55. The molecular formula is C14H13N3O3S. The molecule has 1 aromatic carbocycles. The molecule has 1 aliphatic heterocycles. The first kappa shape index (κ1) is 13.8. The van der Waals surface area contributed by atoms with Crippen molar-refractivity contribution in [3.8, 4) is 11.5 Å². The fourth-order valence-electron chi connectivity index (χ4n) is 2.20. The molecule has 1 amide bonds. The summed E-state index contributed by atoms with van der Waals surface area (Å²) in [5, 5.41) is 7.85. The van der Waals surface area contributed by atoms with E-state index < -0.39 is 0 Å². The van der Waals surface area contributed by atoms with Gasteiger partial charge in [0, 0.05) is 30.7 Å². The third-order valence-corrected chi connectivity index (χ3v) is 4.07. The number of carbonyl (C=O) groups is 2. The zero-order valence-electron chi connectivity index (χ0n) is 11.4. The van der Waals surface area contributed by atoms with Crippen molar-refractivity contribution in [1.29, 1.82) is 0 Å². The Morgan fingerprint density at radius 3 is 2.81 bits per heavy atom. The van der Waals surface area contributed by atoms with Gasteiger partial charge in [-0.2, -0.15) is 0 Å². The Labute approximate surface area is 125 Å². The molecule has 21 heavy (non-hydrogen) atoms.